The first-order valence-electron chi connectivity index (χ1n) is 9.98. The van der Waals surface area contributed by atoms with E-state index in [2.05, 4.69) is 64.1 Å². The van der Waals surface area contributed by atoms with Gasteiger partial charge in [0.2, 0.25) is 0 Å². The standard InChI is InChI=1S/C23H22N2O4.I2/c1-5-23(28)16-8-18-20-14(9-25(18)21(26)15(16)10-29-22(23)27)13(4)19-12(3)11(2)6-7-17(19)24-20;1-2/h6-8,28H,5,9-10H2,1-4H3;/t23-;/m0./s1. The van der Waals surface area contributed by atoms with Crippen LogP contribution in [-0.4, -0.2) is 20.6 Å². The fourth-order valence-electron chi connectivity index (χ4n) is 4.70. The Morgan fingerprint density at radius 1 is 1.16 bits per heavy atom. The van der Waals surface area contributed by atoms with E-state index in [-0.39, 0.29) is 18.6 Å². The lowest BCUT2D eigenvalue weighted by Gasteiger charge is -2.31. The minimum atomic E-state index is -1.80. The number of nitrogens with zero attached hydrogens (tertiary/aromatic N) is 2. The van der Waals surface area contributed by atoms with Gasteiger partial charge in [0, 0.05) is 53.7 Å². The zero-order valence-electron chi connectivity index (χ0n) is 17.7. The molecule has 0 saturated carbocycles. The van der Waals surface area contributed by atoms with Gasteiger partial charge in [-0.25, -0.2) is 9.78 Å². The smallest absolute Gasteiger partial charge is 0.343 e. The molecule has 162 valence electrons. The van der Waals surface area contributed by atoms with Crippen LogP contribution in [0.5, 0.6) is 0 Å². The Bertz CT molecular complexity index is 1320. The van der Waals surface area contributed by atoms with Gasteiger partial charge in [0.05, 0.1) is 29.0 Å². The monoisotopic (exact) mass is 644 g/mol. The van der Waals surface area contributed by atoms with Crippen molar-refractivity contribution in [2.45, 2.75) is 52.9 Å². The van der Waals surface area contributed by atoms with Crippen molar-refractivity contribution in [3.05, 3.63) is 61.9 Å². The summed E-state index contributed by atoms with van der Waals surface area (Å²) in [7, 11) is 0. The molecule has 2 aliphatic heterocycles. The molecule has 5 rings (SSSR count). The van der Waals surface area contributed by atoms with E-state index in [9.17, 15) is 14.7 Å². The van der Waals surface area contributed by atoms with Crippen LogP contribution in [0, 0.1) is 20.8 Å². The van der Waals surface area contributed by atoms with E-state index in [1.54, 1.807) is 17.6 Å². The number of aryl methyl sites for hydroxylation is 3. The molecule has 0 amide bonds. The van der Waals surface area contributed by atoms with Crippen LogP contribution in [0.2, 0.25) is 0 Å². The van der Waals surface area contributed by atoms with Crippen LogP contribution < -0.4 is 5.56 Å². The predicted molar refractivity (Wildman–Crippen MR) is 137 cm³/mol. The molecule has 4 heterocycles. The zero-order valence-corrected chi connectivity index (χ0v) is 22.0. The first-order valence-corrected chi connectivity index (χ1v) is 16.3. The maximum absolute atomic E-state index is 13.2. The van der Waals surface area contributed by atoms with Crippen LogP contribution in [0.15, 0.2) is 23.0 Å². The normalized spacial score (nSPS) is 18.6. The minimum Gasteiger partial charge on any atom is -0.458 e. The molecule has 1 atom stereocenters. The fourth-order valence-corrected chi connectivity index (χ4v) is 4.70. The SMILES string of the molecule is CC[C@@]1(O)C(=O)OCc2c1cc1n(c2=O)Cc2c-1nc1ccc(C)c(C)c1c2C.II. The Labute approximate surface area is 203 Å². The summed E-state index contributed by atoms with van der Waals surface area (Å²) in [4.78, 5) is 30.4. The lowest BCUT2D eigenvalue weighted by Crippen LogP contribution is -2.44. The second kappa shape index (κ2) is 8.11. The minimum absolute atomic E-state index is 0.112. The van der Waals surface area contributed by atoms with Crippen molar-refractivity contribution in [3.63, 3.8) is 0 Å². The van der Waals surface area contributed by atoms with Gasteiger partial charge in [-0.1, -0.05) is 13.0 Å². The van der Waals surface area contributed by atoms with Crippen molar-refractivity contribution in [2.75, 3.05) is 0 Å². The molecule has 0 radical (unpaired) electrons. The van der Waals surface area contributed by atoms with Crippen molar-refractivity contribution in [3.8, 4) is 11.4 Å². The molecule has 0 aliphatic carbocycles. The topological polar surface area (TPSA) is 81.4 Å². The Kier molecular flexibility index (Phi) is 5.93. The number of aromatic nitrogens is 2. The summed E-state index contributed by atoms with van der Waals surface area (Å²) in [6.45, 7) is 8.26. The first-order chi connectivity index (χ1) is 14.8. The highest BCUT2D eigenvalue weighted by molar-refractivity contribution is 15.0. The number of cyclic esters (lactones) is 1. The van der Waals surface area contributed by atoms with Crippen LogP contribution in [0.25, 0.3) is 22.3 Å². The number of halogens is 2. The van der Waals surface area contributed by atoms with Crippen LogP contribution in [0.1, 0.15) is 46.7 Å². The Hall–Kier alpha value is -1.53. The highest BCUT2D eigenvalue weighted by Gasteiger charge is 2.45. The second-order valence-corrected chi connectivity index (χ2v) is 8.07. The van der Waals surface area contributed by atoms with E-state index in [0.717, 1.165) is 27.7 Å². The van der Waals surface area contributed by atoms with Gasteiger partial charge in [0.1, 0.15) is 6.61 Å². The largest absolute Gasteiger partial charge is 0.458 e. The average Bonchev–Trinajstić information content (AvgIpc) is 3.15. The molecule has 6 nitrogen and oxygen atoms in total. The lowest BCUT2D eigenvalue weighted by molar-refractivity contribution is -0.172. The molecular formula is C23H22I2N2O4. The quantitative estimate of drug-likeness (QED) is 0.239. The summed E-state index contributed by atoms with van der Waals surface area (Å²) in [5, 5.41) is 12.1. The number of ether oxygens (including phenoxy) is 1. The Balaban J connectivity index is 0.00000112. The van der Waals surface area contributed by atoms with Crippen LogP contribution in [-0.2, 0) is 28.3 Å². The number of aliphatic hydroxyl groups is 1. The number of carbonyl (C=O) groups excluding carboxylic acids is 1. The molecule has 2 aliphatic rings. The summed E-state index contributed by atoms with van der Waals surface area (Å²) in [5.41, 5.74) is 5.46. The van der Waals surface area contributed by atoms with Gasteiger partial charge < -0.3 is 14.4 Å². The highest BCUT2D eigenvalue weighted by atomic mass is 128. The van der Waals surface area contributed by atoms with Gasteiger partial charge in [-0.2, -0.15) is 0 Å². The van der Waals surface area contributed by atoms with Crippen LogP contribution >= 0.6 is 37.2 Å². The Morgan fingerprint density at radius 3 is 2.55 bits per heavy atom. The van der Waals surface area contributed by atoms with E-state index in [4.69, 9.17) is 9.72 Å². The third-order valence-corrected chi connectivity index (χ3v) is 6.66. The average molecular weight is 644 g/mol. The molecule has 3 aromatic rings. The molecule has 0 bridgehead atoms. The van der Waals surface area contributed by atoms with Gasteiger partial charge in [-0.05, 0) is 56.0 Å². The fraction of sp³-hybridized carbons (Fsp3) is 0.348. The zero-order chi connectivity index (χ0) is 22.7. The number of carbonyl (C=O) groups is 1. The van der Waals surface area contributed by atoms with Gasteiger partial charge in [0.25, 0.3) is 5.56 Å². The van der Waals surface area contributed by atoms with Crippen molar-refractivity contribution in [1.82, 2.24) is 9.55 Å². The van der Waals surface area contributed by atoms with Gasteiger partial charge in [0.15, 0.2) is 5.60 Å². The summed E-state index contributed by atoms with van der Waals surface area (Å²) >= 11 is 4.24. The summed E-state index contributed by atoms with van der Waals surface area (Å²) in [5.74, 6) is -0.705. The maximum atomic E-state index is 13.2. The van der Waals surface area contributed by atoms with Gasteiger partial charge >= 0.3 is 5.97 Å². The third-order valence-electron chi connectivity index (χ3n) is 6.66. The van der Waals surface area contributed by atoms with Crippen molar-refractivity contribution in [1.29, 1.82) is 0 Å². The van der Waals surface area contributed by atoms with Crippen LogP contribution in [0.4, 0.5) is 0 Å². The Morgan fingerprint density at radius 2 is 1.87 bits per heavy atom. The number of esters is 1. The number of pyridine rings is 2. The molecule has 0 spiro atoms. The first kappa shape index (κ1) is 22.7. The number of benzene rings is 1. The number of rotatable bonds is 1. The van der Waals surface area contributed by atoms with E-state index in [0.29, 0.717) is 23.4 Å². The second-order valence-electron chi connectivity index (χ2n) is 8.07. The number of hydrogen-bond donors (Lipinski definition) is 1. The predicted octanol–water partition coefficient (Wildman–Crippen LogP) is 4.78. The molecule has 0 fully saturated rings. The van der Waals surface area contributed by atoms with Crippen molar-refractivity contribution in [2.24, 2.45) is 0 Å². The van der Waals surface area contributed by atoms with Crippen molar-refractivity contribution < 1.29 is 14.6 Å². The number of hydrogen-bond acceptors (Lipinski definition) is 5. The van der Waals surface area contributed by atoms with E-state index >= 15 is 0 Å². The molecular weight excluding hydrogens is 622 g/mol. The van der Waals surface area contributed by atoms with E-state index in [1.165, 1.54) is 11.1 Å². The third kappa shape index (κ3) is 3.16. The van der Waals surface area contributed by atoms with E-state index < -0.39 is 11.6 Å². The summed E-state index contributed by atoms with van der Waals surface area (Å²) in [6, 6.07) is 5.81. The summed E-state index contributed by atoms with van der Waals surface area (Å²) < 4.78 is 6.81. The van der Waals surface area contributed by atoms with Crippen LogP contribution in [0.3, 0.4) is 0 Å². The van der Waals surface area contributed by atoms with Gasteiger partial charge in [-0.15, -0.1) is 0 Å². The molecule has 1 N–H and O–H groups in total. The lowest BCUT2D eigenvalue weighted by atomic mass is 9.86. The number of fused-ring (bicyclic) bond motifs is 5. The summed E-state index contributed by atoms with van der Waals surface area (Å²) in [6.07, 6.45) is 0.136. The molecule has 0 saturated heterocycles. The molecule has 0 unspecified atom stereocenters. The highest BCUT2D eigenvalue weighted by Crippen LogP contribution is 2.40. The molecule has 8 heteroatoms. The molecule has 1 aromatic carbocycles. The van der Waals surface area contributed by atoms with E-state index in [1.807, 2.05) is 6.07 Å². The maximum Gasteiger partial charge on any atom is 0.343 e. The molecule has 31 heavy (non-hydrogen) atoms. The van der Waals surface area contributed by atoms with Gasteiger partial charge in [-0.3, -0.25) is 4.79 Å². The van der Waals surface area contributed by atoms with Crippen molar-refractivity contribution >= 4 is 54.1 Å². The molecule has 2 aromatic heterocycles.